The number of aliphatic carboxylic acids is 1. The highest BCUT2D eigenvalue weighted by atomic mass is 16.5. The smallest absolute Gasteiger partial charge is 0.332 e. The molecular weight excluding hydrogens is 322 g/mol. The van der Waals surface area contributed by atoms with E-state index in [9.17, 15) is 9.59 Å². The highest BCUT2D eigenvalue weighted by Crippen LogP contribution is 2.35. The summed E-state index contributed by atoms with van der Waals surface area (Å²) in [5.41, 5.74) is 1.96. The number of amides is 1. The van der Waals surface area contributed by atoms with Crippen LogP contribution in [0.2, 0.25) is 0 Å². The zero-order valence-electron chi connectivity index (χ0n) is 14.1. The molecule has 2 aromatic rings. The lowest BCUT2D eigenvalue weighted by atomic mass is 10.1. The van der Waals surface area contributed by atoms with Crippen LogP contribution in [-0.2, 0) is 21.4 Å². The molecule has 25 heavy (non-hydrogen) atoms. The maximum atomic E-state index is 12.9. The van der Waals surface area contributed by atoms with Gasteiger partial charge in [0.1, 0.15) is 11.9 Å². The molecule has 4 rings (SSSR count). The van der Waals surface area contributed by atoms with E-state index in [4.69, 9.17) is 14.8 Å². The summed E-state index contributed by atoms with van der Waals surface area (Å²) in [6, 6.07) is 7.83. The van der Waals surface area contributed by atoms with Gasteiger partial charge < -0.3 is 19.3 Å². The van der Waals surface area contributed by atoms with Gasteiger partial charge in [-0.2, -0.15) is 0 Å². The number of likely N-dealkylation sites (tertiary alicyclic amines) is 1. The van der Waals surface area contributed by atoms with Crippen LogP contribution in [0.1, 0.15) is 37.5 Å². The van der Waals surface area contributed by atoms with Crippen molar-refractivity contribution in [1.82, 2.24) is 14.5 Å². The second kappa shape index (κ2) is 6.15. The normalized spacial score (nSPS) is 26.4. The summed E-state index contributed by atoms with van der Waals surface area (Å²) >= 11 is 0. The molecule has 1 amide bonds. The molecule has 1 aromatic heterocycles. The summed E-state index contributed by atoms with van der Waals surface area (Å²) in [6.45, 7) is 0.657. The number of hydrogen-bond acceptors (Lipinski definition) is 4. The van der Waals surface area contributed by atoms with Crippen molar-refractivity contribution in [1.29, 1.82) is 0 Å². The van der Waals surface area contributed by atoms with E-state index in [1.165, 1.54) is 0 Å². The number of aromatic nitrogens is 2. The zero-order chi connectivity index (χ0) is 17.6. The highest BCUT2D eigenvalue weighted by Gasteiger charge is 2.41. The van der Waals surface area contributed by atoms with Crippen molar-refractivity contribution in [3.8, 4) is 0 Å². The average molecular weight is 343 g/mol. The van der Waals surface area contributed by atoms with Gasteiger partial charge in [0.15, 0.2) is 6.10 Å². The molecule has 3 atom stereocenters. The third kappa shape index (κ3) is 2.68. The van der Waals surface area contributed by atoms with Crippen LogP contribution in [0.15, 0.2) is 24.3 Å². The molecule has 7 heteroatoms. The fourth-order valence-electron chi connectivity index (χ4n) is 3.95. The van der Waals surface area contributed by atoms with E-state index in [1.54, 1.807) is 0 Å². The van der Waals surface area contributed by atoms with Crippen LogP contribution >= 0.6 is 0 Å². The fraction of sp³-hybridized carbons (Fsp3) is 0.500. The quantitative estimate of drug-likeness (QED) is 0.920. The number of carboxylic acids is 1. The average Bonchev–Trinajstić information content (AvgIpc) is 3.33. The number of carboxylic acid groups (broad SMARTS) is 1. The fourth-order valence-corrected chi connectivity index (χ4v) is 3.95. The second-order valence-corrected chi connectivity index (χ2v) is 6.74. The van der Waals surface area contributed by atoms with Crippen molar-refractivity contribution in [2.75, 3.05) is 6.54 Å². The first kappa shape index (κ1) is 16.1. The molecular formula is C18H21N3O4. The third-order valence-corrected chi connectivity index (χ3v) is 5.23. The summed E-state index contributed by atoms with van der Waals surface area (Å²) in [5, 5.41) is 9.06. The summed E-state index contributed by atoms with van der Waals surface area (Å²) in [7, 11) is 1.97. The van der Waals surface area contributed by atoms with Crippen LogP contribution in [0.3, 0.4) is 0 Å². The van der Waals surface area contributed by atoms with Gasteiger partial charge in [-0.3, -0.25) is 4.79 Å². The third-order valence-electron chi connectivity index (χ3n) is 5.23. The minimum atomic E-state index is -0.997. The van der Waals surface area contributed by atoms with Gasteiger partial charge in [-0.1, -0.05) is 12.1 Å². The van der Waals surface area contributed by atoms with E-state index < -0.39 is 18.2 Å². The van der Waals surface area contributed by atoms with Crippen LogP contribution in [0.4, 0.5) is 0 Å². The maximum Gasteiger partial charge on any atom is 0.332 e. The number of fused-ring (bicyclic) bond motifs is 1. The Bertz CT molecular complexity index is 831. The van der Waals surface area contributed by atoms with Crippen LogP contribution < -0.4 is 0 Å². The Morgan fingerprint density at radius 2 is 1.96 bits per heavy atom. The number of hydrogen-bond donors (Lipinski definition) is 1. The largest absolute Gasteiger partial charge is 0.479 e. The zero-order valence-corrected chi connectivity index (χ0v) is 14.1. The predicted octanol–water partition coefficient (Wildman–Crippen LogP) is 1.87. The molecule has 1 unspecified atom stereocenters. The van der Waals surface area contributed by atoms with Gasteiger partial charge in [0.2, 0.25) is 0 Å². The Kier molecular flexibility index (Phi) is 3.95. The van der Waals surface area contributed by atoms with Gasteiger partial charge in [-0.25, -0.2) is 9.78 Å². The van der Waals surface area contributed by atoms with Crippen molar-refractivity contribution in [2.45, 2.75) is 43.9 Å². The second-order valence-electron chi connectivity index (χ2n) is 6.74. The molecule has 1 N–H and O–H groups in total. The van der Waals surface area contributed by atoms with E-state index in [0.717, 1.165) is 29.7 Å². The number of nitrogens with zero attached hydrogens (tertiary/aromatic N) is 3. The molecule has 2 saturated heterocycles. The first-order valence-electron chi connectivity index (χ1n) is 8.66. The molecule has 7 nitrogen and oxygen atoms in total. The van der Waals surface area contributed by atoms with Gasteiger partial charge >= 0.3 is 5.97 Å². The Balaban J connectivity index is 1.59. The Hall–Kier alpha value is -2.41. The number of aryl methyl sites for hydroxylation is 1. The van der Waals surface area contributed by atoms with Gasteiger partial charge in [0.05, 0.1) is 17.1 Å². The lowest BCUT2D eigenvalue weighted by molar-refractivity contribution is -0.155. The molecule has 2 aliphatic rings. The molecule has 3 heterocycles. The number of benzene rings is 1. The SMILES string of the molecule is Cn1c(C2CCCN2C(=O)[C@@H]2CC[C@H](C(=O)O)O2)nc2ccccc21. The predicted molar refractivity (Wildman–Crippen MR) is 89.9 cm³/mol. The van der Waals surface area contributed by atoms with Crippen molar-refractivity contribution < 1.29 is 19.4 Å². The van der Waals surface area contributed by atoms with Gasteiger partial charge in [0, 0.05) is 13.6 Å². The summed E-state index contributed by atoms with van der Waals surface area (Å²) in [4.78, 5) is 30.5. The lowest BCUT2D eigenvalue weighted by Crippen LogP contribution is -2.40. The summed E-state index contributed by atoms with van der Waals surface area (Å²) in [6.07, 6.45) is 1.09. The molecule has 2 fully saturated rings. The lowest BCUT2D eigenvalue weighted by Gasteiger charge is -2.27. The maximum absolute atomic E-state index is 12.9. The summed E-state index contributed by atoms with van der Waals surface area (Å²) in [5.74, 6) is -0.234. The number of imidazole rings is 1. The van der Waals surface area contributed by atoms with Crippen LogP contribution in [0.25, 0.3) is 11.0 Å². The number of para-hydroxylation sites is 2. The minimum Gasteiger partial charge on any atom is -0.479 e. The Morgan fingerprint density at radius 3 is 2.68 bits per heavy atom. The van der Waals surface area contributed by atoms with E-state index >= 15 is 0 Å². The van der Waals surface area contributed by atoms with Crippen molar-refractivity contribution in [3.63, 3.8) is 0 Å². The molecule has 0 bridgehead atoms. The molecule has 1 aromatic carbocycles. The Labute approximate surface area is 145 Å². The molecule has 0 radical (unpaired) electrons. The molecule has 2 aliphatic heterocycles. The van der Waals surface area contributed by atoms with E-state index in [1.807, 2.05) is 40.8 Å². The minimum absolute atomic E-state index is 0.0858. The first-order valence-corrected chi connectivity index (χ1v) is 8.66. The van der Waals surface area contributed by atoms with Gasteiger partial charge in [-0.05, 0) is 37.8 Å². The number of rotatable bonds is 3. The molecule has 0 spiro atoms. The van der Waals surface area contributed by atoms with Crippen molar-refractivity contribution in [2.24, 2.45) is 7.05 Å². The number of carbonyl (C=O) groups excluding carboxylic acids is 1. The van der Waals surface area contributed by atoms with Crippen LogP contribution in [-0.4, -0.2) is 50.2 Å². The highest BCUT2D eigenvalue weighted by molar-refractivity contribution is 5.83. The Morgan fingerprint density at radius 1 is 1.20 bits per heavy atom. The van der Waals surface area contributed by atoms with Crippen molar-refractivity contribution in [3.05, 3.63) is 30.1 Å². The molecule has 0 aliphatic carbocycles. The van der Waals surface area contributed by atoms with Crippen LogP contribution in [0.5, 0.6) is 0 Å². The standard InChI is InChI=1S/C18H21N3O4/c1-20-12-6-3-2-5-11(12)19-16(20)13-7-4-10-21(13)17(22)14-8-9-15(25-14)18(23)24/h2-3,5-6,13-15H,4,7-10H2,1H3,(H,23,24)/t13?,14-,15+/m0/s1. The number of carbonyl (C=O) groups is 2. The van der Waals surface area contributed by atoms with Crippen LogP contribution in [0, 0.1) is 0 Å². The van der Waals surface area contributed by atoms with E-state index in [-0.39, 0.29) is 11.9 Å². The topological polar surface area (TPSA) is 84.7 Å². The first-order chi connectivity index (χ1) is 12.1. The molecule has 0 saturated carbocycles. The summed E-state index contributed by atoms with van der Waals surface area (Å²) < 4.78 is 7.50. The van der Waals surface area contributed by atoms with Gasteiger partial charge in [-0.15, -0.1) is 0 Å². The van der Waals surface area contributed by atoms with E-state index in [0.29, 0.717) is 19.4 Å². The van der Waals surface area contributed by atoms with Gasteiger partial charge in [0.25, 0.3) is 5.91 Å². The van der Waals surface area contributed by atoms with E-state index in [2.05, 4.69) is 0 Å². The molecule has 132 valence electrons. The monoisotopic (exact) mass is 343 g/mol. The number of ether oxygens (including phenoxy) is 1. The van der Waals surface area contributed by atoms with Crippen molar-refractivity contribution >= 4 is 22.9 Å².